The van der Waals surface area contributed by atoms with Crippen molar-refractivity contribution in [1.29, 1.82) is 0 Å². The molecule has 0 aromatic carbocycles. The Kier molecular flexibility index (Phi) is 53.2. The van der Waals surface area contributed by atoms with Crippen LogP contribution in [-0.2, 0) is 95.3 Å². The smallest absolute Gasteiger partial charge is 0.344 e. The summed E-state index contributed by atoms with van der Waals surface area (Å²) in [5.74, 6) is -1.11. The second-order valence-corrected chi connectivity index (χ2v) is 33.6. The number of ether oxygens (including phenoxy) is 10. The lowest BCUT2D eigenvalue weighted by Crippen LogP contribution is -2.59. The van der Waals surface area contributed by atoms with Crippen molar-refractivity contribution in [2.45, 2.75) is 435 Å². The molecule has 646 valence electrons. The van der Waals surface area contributed by atoms with Gasteiger partial charge in [-0.3, -0.25) is 24.0 Å². The van der Waals surface area contributed by atoms with Crippen LogP contribution in [0.5, 0.6) is 0 Å². The average Bonchev–Trinajstić information content (AvgIpc) is 0.965. The van der Waals surface area contributed by atoms with Gasteiger partial charge in [-0.1, -0.05) is 137 Å². The lowest BCUT2D eigenvalue weighted by atomic mass is 9.49. The minimum Gasteiger partial charge on any atom is -0.457 e. The Labute approximate surface area is 670 Å². The van der Waals surface area contributed by atoms with E-state index in [0.717, 1.165) is 134 Å². The fourth-order valence-corrected chi connectivity index (χ4v) is 14.4. The first-order valence-corrected chi connectivity index (χ1v) is 43.5. The van der Waals surface area contributed by atoms with E-state index in [9.17, 15) is 47.9 Å². The van der Waals surface area contributed by atoms with Crippen LogP contribution in [0.1, 0.15) is 407 Å². The van der Waals surface area contributed by atoms with Crippen LogP contribution in [-0.4, -0.2) is 121 Å². The van der Waals surface area contributed by atoms with E-state index < -0.39 is 51.0 Å². The van der Waals surface area contributed by atoms with Gasteiger partial charge in [0, 0.05) is 0 Å². The van der Waals surface area contributed by atoms with Crippen LogP contribution in [0.25, 0.3) is 0 Å². The minimum absolute atomic E-state index is 0.254. The van der Waals surface area contributed by atoms with Gasteiger partial charge >= 0.3 is 59.7 Å². The van der Waals surface area contributed by atoms with Crippen molar-refractivity contribution in [3.8, 4) is 0 Å². The zero-order valence-electron chi connectivity index (χ0n) is 75.9. The van der Waals surface area contributed by atoms with Crippen molar-refractivity contribution in [3.05, 3.63) is 0 Å². The number of hydrogen-bond acceptors (Lipinski definition) is 20. The lowest BCUT2D eigenvalue weighted by molar-refractivity contribution is -0.214. The van der Waals surface area contributed by atoms with Crippen molar-refractivity contribution in [2.75, 3.05) is 33.0 Å². The molecule has 0 aromatic heterocycles. The van der Waals surface area contributed by atoms with E-state index in [1.54, 1.807) is 13.8 Å². The standard InChI is InChI=1S/C20H32O4.C16H28O4.2C15H26O4.C14H24O4.5C2H6/c1-5-19(3,4)18(22)23-12-17(21)24-20(6-2)15-8-13-7-14(10-15)11-16(20)9-13;1-5-15(3,4)14(18)19-12-13(17)20-16(6-2)10-8-7-9-11-16;1-5-14(2,3)13(17)18-11-12(16)19-15(4)9-7-6-8-10-15;1-5-14(3,4)13(17)18-11-12(16)19-15(6-2)9-7-8-10-15;1-5-13(2,3)12(16)17-10-11(15)18-14(4)8-6-7-9-14;5*1-2/h13-16H,5-12H2,1-4H3;5-12H2,1-4H3;2*5-11H2,1-4H3;5-10H2,1-4H3;5*1-2H3. The predicted molar refractivity (Wildman–Crippen MR) is 438 cm³/mol. The predicted octanol–water partition coefficient (Wildman–Crippen LogP) is 22.2. The summed E-state index contributed by atoms with van der Waals surface area (Å²) in [6.07, 6.45) is 30.6. The Hall–Kier alpha value is -5.30. The normalized spacial score (nSPS) is 21.1. The molecule has 8 aliphatic carbocycles. The third kappa shape index (κ3) is 37.3. The maximum Gasteiger partial charge on any atom is 0.344 e. The van der Waals surface area contributed by atoms with Crippen molar-refractivity contribution < 1.29 is 95.3 Å². The Bertz CT molecular complexity index is 2610. The summed E-state index contributed by atoms with van der Waals surface area (Å²) < 4.78 is 53.4. The van der Waals surface area contributed by atoms with Gasteiger partial charge in [-0.2, -0.15) is 0 Å². The van der Waals surface area contributed by atoms with Crippen LogP contribution in [0.2, 0.25) is 0 Å². The zero-order chi connectivity index (χ0) is 85.6. The first-order chi connectivity index (χ1) is 51.6. The van der Waals surface area contributed by atoms with E-state index in [1.165, 1.54) is 44.9 Å². The molecule has 8 rings (SSSR count). The highest BCUT2D eigenvalue weighted by atomic mass is 16.6. The molecular formula is C90H166O20. The molecule has 0 N–H and O–H groups in total. The Morgan fingerprint density at radius 2 is 0.473 bits per heavy atom. The summed E-state index contributed by atoms with van der Waals surface area (Å²) in [4.78, 5) is 119. The van der Waals surface area contributed by atoms with Crippen LogP contribution in [0.4, 0.5) is 0 Å². The van der Waals surface area contributed by atoms with Crippen LogP contribution >= 0.6 is 0 Å². The lowest BCUT2D eigenvalue weighted by Gasteiger charge is -2.60. The SMILES string of the molecule is CC.CC.CC.CC.CC.CCC(C)(C)C(=O)OCC(=O)OC1(C)CCCC1.CCC(C)(C)C(=O)OCC(=O)OC1(C)CCCCC1.CCC(C)(C)C(=O)OCC(=O)OC1(CC)C2CC3CC(C2)CC1C3.CCC1(OC(=O)COC(=O)C(C)(C)CC)CCCC1.CCC1(OC(=O)COC(=O)C(C)(C)CC)CCCCC1. The molecule has 20 heteroatoms. The Balaban J connectivity index is -0.00000127. The number of hydrogen-bond donors (Lipinski definition) is 0. The van der Waals surface area contributed by atoms with Crippen molar-refractivity contribution in [2.24, 2.45) is 50.7 Å². The Morgan fingerprint density at radius 1 is 0.273 bits per heavy atom. The summed E-state index contributed by atoms with van der Waals surface area (Å²) in [6.45, 7) is 56.5. The molecule has 0 aromatic rings. The maximum absolute atomic E-state index is 12.4. The van der Waals surface area contributed by atoms with Crippen molar-refractivity contribution in [1.82, 2.24) is 0 Å². The number of carbonyl (C=O) groups is 10. The molecule has 0 spiro atoms. The third-order valence-corrected chi connectivity index (χ3v) is 23.7. The van der Waals surface area contributed by atoms with E-state index in [2.05, 4.69) is 6.92 Å². The fraction of sp³-hybridized carbons (Fsp3) is 0.889. The molecule has 0 aliphatic heterocycles. The fourth-order valence-electron chi connectivity index (χ4n) is 14.4. The summed E-state index contributed by atoms with van der Waals surface area (Å²) in [7, 11) is 0. The molecule has 0 unspecified atom stereocenters. The molecule has 8 aliphatic rings. The number of carbonyl (C=O) groups excluding carboxylic acids is 10. The van der Waals surface area contributed by atoms with Crippen LogP contribution in [0, 0.1) is 50.7 Å². The molecular weight excluding hydrogens is 1400 g/mol. The van der Waals surface area contributed by atoms with E-state index in [4.69, 9.17) is 47.4 Å². The van der Waals surface area contributed by atoms with Crippen LogP contribution < -0.4 is 0 Å². The first-order valence-electron chi connectivity index (χ1n) is 43.5. The van der Waals surface area contributed by atoms with Crippen LogP contribution in [0.3, 0.4) is 0 Å². The summed E-state index contributed by atoms with van der Waals surface area (Å²) in [5, 5.41) is 0. The molecule has 0 radical (unpaired) electrons. The average molecular weight is 1570 g/mol. The molecule has 0 saturated heterocycles. The molecule has 4 bridgehead atoms. The van der Waals surface area contributed by atoms with E-state index in [0.29, 0.717) is 43.9 Å². The van der Waals surface area contributed by atoms with Crippen molar-refractivity contribution in [3.63, 3.8) is 0 Å². The van der Waals surface area contributed by atoms with Crippen molar-refractivity contribution >= 4 is 59.7 Å². The van der Waals surface area contributed by atoms with Gasteiger partial charge in [0.05, 0.1) is 27.1 Å². The first kappa shape index (κ1) is 109. The van der Waals surface area contributed by atoms with Gasteiger partial charge in [0.15, 0.2) is 33.0 Å². The molecule has 0 heterocycles. The highest BCUT2D eigenvalue weighted by Crippen LogP contribution is 2.61. The number of esters is 10. The second kappa shape index (κ2) is 53.7. The molecule has 110 heavy (non-hydrogen) atoms. The zero-order valence-corrected chi connectivity index (χ0v) is 75.9. The number of rotatable bonds is 28. The molecule has 20 nitrogen and oxygen atoms in total. The molecule has 0 amide bonds. The van der Waals surface area contributed by atoms with E-state index >= 15 is 0 Å². The topological polar surface area (TPSA) is 263 Å². The minimum atomic E-state index is -0.550. The second-order valence-electron chi connectivity index (χ2n) is 33.6. The highest BCUT2D eigenvalue weighted by molar-refractivity contribution is 5.83. The van der Waals surface area contributed by atoms with Gasteiger partial charge < -0.3 is 47.4 Å². The van der Waals surface area contributed by atoms with E-state index in [1.807, 2.05) is 187 Å². The molecule has 0 atom stereocenters. The summed E-state index contributed by atoms with van der Waals surface area (Å²) in [5.41, 5.74) is -4.42. The van der Waals surface area contributed by atoms with Gasteiger partial charge in [-0.15, -0.1) is 0 Å². The Morgan fingerprint density at radius 3 is 0.691 bits per heavy atom. The quantitative estimate of drug-likeness (QED) is 0.0520. The molecule has 8 saturated carbocycles. The van der Waals surface area contributed by atoms with Gasteiger partial charge in [0.1, 0.15) is 28.0 Å². The van der Waals surface area contributed by atoms with Gasteiger partial charge in [0.25, 0.3) is 0 Å². The van der Waals surface area contributed by atoms with Crippen LogP contribution in [0.15, 0.2) is 0 Å². The van der Waals surface area contributed by atoms with Gasteiger partial charge in [-0.05, 0) is 293 Å². The van der Waals surface area contributed by atoms with E-state index in [-0.39, 0.29) is 96.9 Å². The summed E-state index contributed by atoms with van der Waals surface area (Å²) in [6, 6.07) is 0. The third-order valence-electron chi connectivity index (χ3n) is 23.7. The highest BCUT2D eigenvalue weighted by Gasteiger charge is 2.59. The molecule has 8 fully saturated rings. The largest absolute Gasteiger partial charge is 0.457 e. The van der Waals surface area contributed by atoms with Gasteiger partial charge in [-0.25, -0.2) is 24.0 Å². The monoisotopic (exact) mass is 1570 g/mol. The van der Waals surface area contributed by atoms with Gasteiger partial charge in [0.2, 0.25) is 0 Å². The summed E-state index contributed by atoms with van der Waals surface area (Å²) >= 11 is 0. The maximum atomic E-state index is 12.4.